The van der Waals surface area contributed by atoms with E-state index < -0.39 is 17.6 Å². The third kappa shape index (κ3) is 3.26. The van der Waals surface area contributed by atoms with Gasteiger partial charge in [-0.05, 0) is 60.3 Å². The zero-order valence-electron chi connectivity index (χ0n) is 18.2. The molecule has 2 aliphatic heterocycles. The molecule has 5 rings (SSSR count). The molecule has 3 aliphatic rings. The molecule has 0 aromatic heterocycles. The van der Waals surface area contributed by atoms with Crippen LogP contribution in [0.15, 0.2) is 48.5 Å². The average Bonchev–Trinajstić information content (AvgIpc) is 3.47. The Morgan fingerprint density at radius 1 is 1.16 bits per heavy atom. The number of para-hydroxylation sites is 1. The number of carboxylic acid groups (broad SMARTS) is 1. The minimum absolute atomic E-state index is 0.171. The van der Waals surface area contributed by atoms with Crippen LogP contribution in [-0.4, -0.2) is 46.9 Å². The summed E-state index contributed by atoms with van der Waals surface area (Å²) in [6, 6.07) is 16.9. The molecule has 2 fully saturated rings. The number of piperidine rings is 1. The van der Waals surface area contributed by atoms with E-state index in [1.165, 1.54) is 16.8 Å². The highest BCUT2D eigenvalue weighted by Gasteiger charge is 2.72. The second-order valence-corrected chi connectivity index (χ2v) is 9.65. The normalized spacial score (nSPS) is 27.9. The number of rotatable bonds is 5. The number of carbonyl (C=O) groups is 1. The Hall–Kier alpha value is -2.37. The van der Waals surface area contributed by atoms with E-state index in [4.69, 9.17) is 0 Å². The maximum atomic E-state index is 12.5. The van der Waals surface area contributed by atoms with E-state index in [1.54, 1.807) is 0 Å². The zero-order chi connectivity index (χ0) is 21.6. The molecule has 5 nitrogen and oxygen atoms in total. The smallest absolute Gasteiger partial charge is 0.314 e. The van der Waals surface area contributed by atoms with Gasteiger partial charge in [0.25, 0.3) is 0 Å². The van der Waals surface area contributed by atoms with Crippen molar-refractivity contribution in [3.63, 3.8) is 0 Å². The Morgan fingerprint density at radius 3 is 2.55 bits per heavy atom. The second kappa shape index (κ2) is 7.64. The van der Waals surface area contributed by atoms with Gasteiger partial charge in [0.05, 0.1) is 5.41 Å². The first-order chi connectivity index (χ1) is 15.0. The first-order valence-corrected chi connectivity index (χ1v) is 11.6. The van der Waals surface area contributed by atoms with E-state index in [0.29, 0.717) is 18.8 Å². The van der Waals surface area contributed by atoms with Gasteiger partial charge < -0.3 is 15.5 Å². The number of hydrogen-bond donors (Lipinski definition) is 3. The van der Waals surface area contributed by atoms with Crippen molar-refractivity contribution in [2.75, 3.05) is 25.0 Å². The van der Waals surface area contributed by atoms with Gasteiger partial charge in [0.1, 0.15) is 6.23 Å². The number of fused-ring (bicyclic) bond motifs is 1. The Labute approximate surface area is 184 Å². The average molecular weight is 421 g/mol. The number of hydrogen-bond acceptors (Lipinski definition) is 4. The van der Waals surface area contributed by atoms with Crippen LogP contribution in [-0.2, 0) is 16.6 Å². The molecule has 31 heavy (non-hydrogen) atoms. The standard InChI is InChI=1S/C26H32N2O3/c1-2-23(29)28-13-11-25(12-14-28)17-26(25,24(30)31)21-9-7-18(8-10-21)20-15-19-5-3-4-6-22(19)27-16-20/h3-10,20,23,27,29H,2,11-17H2,1H3,(H,30,31)/t20?,23?,26-/m0/s1. The van der Waals surface area contributed by atoms with Crippen LogP contribution in [0.4, 0.5) is 5.69 Å². The van der Waals surface area contributed by atoms with Gasteiger partial charge in [0.15, 0.2) is 0 Å². The highest BCUT2D eigenvalue weighted by atomic mass is 16.4. The van der Waals surface area contributed by atoms with Gasteiger partial charge in [-0.25, -0.2) is 0 Å². The maximum Gasteiger partial charge on any atom is 0.314 e. The van der Waals surface area contributed by atoms with Crippen molar-refractivity contribution in [3.05, 3.63) is 65.2 Å². The van der Waals surface area contributed by atoms with Crippen LogP contribution in [0.3, 0.4) is 0 Å². The van der Waals surface area contributed by atoms with E-state index in [9.17, 15) is 15.0 Å². The van der Waals surface area contributed by atoms with Gasteiger partial charge in [-0.2, -0.15) is 0 Å². The molecule has 164 valence electrons. The fraction of sp³-hybridized carbons (Fsp3) is 0.500. The molecule has 3 atom stereocenters. The molecule has 0 radical (unpaired) electrons. The molecule has 2 aromatic rings. The van der Waals surface area contributed by atoms with Gasteiger partial charge >= 0.3 is 5.97 Å². The summed E-state index contributed by atoms with van der Waals surface area (Å²) in [6.07, 6.45) is 3.68. The molecule has 1 saturated heterocycles. The number of aliphatic hydroxyl groups is 1. The van der Waals surface area contributed by atoms with Crippen LogP contribution < -0.4 is 5.32 Å². The first kappa shape index (κ1) is 20.5. The van der Waals surface area contributed by atoms with Gasteiger partial charge in [0.2, 0.25) is 0 Å². The monoisotopic (exact) mass is 420 g/mol. The molecule has 2 aromatic carbocycles. The third-order valence-electron chi connectivity index (χ3n) is 8.19. The summed E-state index contributed by atoms with van der Waals surface area (Å²) in [5.41, 5.74) is 3.83. The van der Waals surface area contributed by atoms with Crippen LogP contribution in [0, 0.1) is 5.41 Å². The fourth-order valence-electron chi connectivity index (χ4n) is 6.13. The van der Waals surface area contributed by atoms with Crippen LogP contribution in [0.25, 0.3) is 0 Å². The number of nitrogens with one attached hydrogen (secondary N) is 1. The quantitative estimate of drug-likeness (QED) is 0.683. The molecule has 5 heteroatoms. The Morgan fingerprint density at radius 2 is 1.87 bits per heavy atom. The van der Waals surface area contributed by atoms with E-state index in [-0.39, 0.29) is 5.41 Å². The van der Waals surface area contributed by atoms with Crippen molar-refractivity contribution in [2.45, 2.75) is 56.6 Å². The van der Waals surface area contributed by atoms with Crippen LogP contribution in [0.1, 0.15) is 55.2 Å². The summed E-state index contributed by atoms with van der Waals surface area (Å²) in [4.78, 5) is 14.6. The van der Waals surface area contributed by atoms with E-state index in [1.807, 2.05) is 6.92 Å². The molecule has 0 bridgehead atoms. The zero-order valence-corrected chi connectivity index (χ0v) is 18.2. The molecule has 2 unspecified atom stereocenters. The lowest BCUT2D eigenvalue weighted by atomic mass is 9.79. The molecule has 1 aliphatic carbocycles. The van der Waals surface area contributed by atoms with Crippen LogP contribution in [0.5, 0.6) is 0 Å². The minimum atomic E-state index is -0.772. The maximum absolute atomic E-state index is 12.5. The largest absolute Gasteiger partial charge is 0.481 e. The first-order valence-electron chi connectivity index (χ1n) is 11.6. The second-order valence-electron chi connectivity index (χ2n) is 9.65. The van der Waals surface area contributed by atoms with Crippen molar-refractivity contribution < 1.29 is 15.0 Å². The third-order valence-corrected chi connectivity index (χ3v) is 8.19. The predicted octanol–water partition coefficient (Wildman–Crippen LogP) is 3.98. The minimum Gasteiger partial charge on any atom is -0.481 e. The lowest BCUT2D eigenvalue weighted by Crippen LogP contribution is -2.44. The highest BCUT2D eigenvalue weighted by Crippen LogP contribution is 2.69. The van der Waals surface area contributed by atoms with Crippen LogP contribution >= 0.6 is 0 Å². The molecular formula is C26H32N2O3. The van der Waals surface area contributed by atoms with Crippen molar-refractivity contribution in [1.82, 2.24) is 4.90 Å². The summed E-state index contributed by atoms with van der Waals surface area (Å²) in [7, 11) is 0. The number of anilines is 1. The SMILES string of the molecule is CCC(O)N1CCC2(CC1)C[C@@]2(C(=O)O)c1ccc(C2CNc3ccccc3C2)cc1. The van der Waals surface area contributed by atoms with E-state index in [2.05, 4.69) is 58.7 Å². The number of benzene rings is 2. The van der Waals surface area contributed by atoms with E-state index in [0.717, 1.165) is 44.5 Å². The number of aliphatic hydroxyl groups excluding tert-OH is 1. The summed E-state index contributed by atoms with van der Waals surface area (Å²) < 4.78 is 0. The Balaban J connectivity index is 1.34. The summed E-state index contributed by atoms with van der Waals surface area (Å²) in [6.45, 7) is 4.43. The lowest BCUT2D eigenvalue weighted by Gasteiger charge is -2.37. The highest BCUT2D eigenvalue weighted by molar-refractivity contribution is 5.87. The van der Waals surface area contributed by atoms with Crippen molar-refractivity contribution in [3.8, 4) is 0 Å². The number of carboxylic acids is 1. The predicted molar refractivity (Wildman–Crippen MR) is 121 cm³/mol. The summed E-state index contributed by atoms with van der Waals surface area (Å²) in [5, 5.41) is 23.9. The molecule has 3 N–H and O–H groups in total. The Kier molecular flexibility index (Phi) is 5.06. The van der Waals surface area contributed by atoms with Crippen molar-refractivity contribution in [2.24, 2.45) is 5.41 Å². The molecule has 0 amide bonds. The Bertz CT molecular complexity index is 965. The summed E-state index contributed by atoms with van der Waals surface area (Å²) >= 11 is 0. The van der Waals surface area contributed by atoms with Gasteiger partial charge in [-0.1, -0.05) is 49.4 Å². The molecule has 1 spiro atoms. The molecule has 2 heterocycles. The fourth-order valence-corrected chi connectivity index (χ4v) is 6.13. The molecular weight excluding hydrogens is 388 g/mol. The number of aliphatic carboxylic acids is 1. The lowest BCUT2D eigenvalue weighted by molar-refractivity contribution is -0.141. The van der Waals surface area contributed by atoms with Crippen molar-refractivity contribution in [1.29, 1.82) is 0 Å². The molecule has 1 saturated carbocycles. The van der Waals surface area contributed by atoms with E-state index >= 15 is 0 Å². The topological polar surface area (TPSA) is 72.8 Å². The number of likely N-dealkylation sites (tertiary alicyclic amines) is 1. The van der Waals surface area contributed by atoms with Crippen molar-refractivity contribution >= 4 is 11.7 Å². The van der Waals surface area contributed by atoms with Gasteiger partial charge in [0, 0.05) is 31.2 Å². The number of nitrogens with zero attached hydrogens (tertiary/aromatic N) is 1. The van der Waals surface area contributed by atoms with Crippen LogP contribution in [0.2, 0.25) is 0 Å². The summed E-state index contributed by atoms with van der Waals surface area (Å²) in [5.74, 6) is -0.297. The van der Waals surface area contributed by atoms with Gasteiger partial charge in [-0.15, -0.1) is 0 Å². The van der Waals surface area contributed by atoms with Gasteiger partial charge in [-0.3, -0.25) is 9.69 Å².